The summed E-state index contributed by atoms with van der Waals surface area (Å²) in [5, 5.41) is 0. The molecule has 158 valence electrons. The molecule has 1 aliphatic heterocycles. The van der Waals surface area contributed by atoms with E-state index in [2.05, 4.69) is 4.90 Å². The summed E-state index contributed by atoms with van der Waals surface area (Å²) in [4.78, 5) is 26.8. The maximum atomic E-state index is 12.4. The van der Waals surface area contributed by atoms with E-state index in [1.807, 2.05) is 44.4 Å². The molecule has 1 unspecified atom stereocenters. The minimum atomic E-state index is -1.42. The van der Waals surface area contributed by atoms with Crippen LogP contribution in [0.2, 0.25) is 0 Å². The average molecular weight is 402 g/mol. The van der Waals surface area contributed by atoms with Crippen LogP contribution < -0.4 is 0 Å². The van der Waals surface area contributed by atoms with Crippen molar-refractivity contribution in [3.63, 3.8) is 0 Å². The van der Waals surface area contributed by atoms with Gasteiger partial charge in [-0.3, -0.25) is 0 Å². The lowest BCUT2D eigenvalue weighted by molar-refractivity contribution is -0.303. The van der Waals surface area contributed by atoms with Crippen molar-refractivity contribution in [2.24, 2.45) is 0 Å². The van der Waals surface area contributed by atoms with Gasteiger partial charge in [-0.2, -0.15) is 0 Å². The van der Waals surface area contributed by atoms with E-state index >= 15 is 0 Å². The lowest BCUT2D eigenvalue weighted by Crippen LogP contribution is -2.61. The fourth-order valence-corrected chi connectivity index (χ4v) is 4.23. The zero-order valence-electron chi connectivity index (χ0n) is 17.4. The van der Waals surface area contributed by atoms with Gasteiger partial charge in [0.05, 0.1) is 0 Å². The van der Waals surface area contributed by atoms with Gasteiger partial charge in [-0.25, -0.2) is 9.59 Å². The van der Waals surface area contributed by atoms with Crippen LogP contribution in [-0.4, -0.2) is 55.5 Å². The summed E-state index contributed by atoms with van der Waals surface area (Å²) in [7, 11) is 4.04. The summed E-state index contributed by atoms with van der Waals surface area (Å²) in [6, 6.07) is 9.98. The van der Waals surface area contributed by atoms with Crippen LogP contribution in [0.1, 0.15) is 44.1 Å². The van der Waals surface area contributed by atoms with E-state index in [4.69, 9.17) is 14.2 Å². The second kappa shape index (κ2) is 9.55. The topological polar surface area (TPSA) is 65.1 Å². The van der Waals surface area contributed by atoms with Crippen LogP contribution in [0.5, 0.6) is 0 Å². The molecule has 1 atom stereocenters. The number of carbonyl (C=O) groups excluding carboxylic acids is 2. The van der Waals surface area contributed by atoms with E-state index in [0.29, 0.717) is 25.9 Å². The molecule has 1 spiro atoms. The Balaban J connectivity index is 1.97. The van der Waals surface area contributed by atoms with E-state index in [1.54, 1.807) is 0 Å². The predicted molar refractivity (Wildman–Crippen MR) is 109 cm³/mol. The van der Waals surface area contributed by atoms with Gasteiger partial charge in [0.15, 0.2) is 0 Å². The van der Waals surface area contributed by atoms with Crippen molar-refractivity contribution < 1.29 is 23.8 Å². The third-order valence-electron chi connectivity index (χ3n) is 5.63. The molecular formula is C23H31NO5. The monoisotopic (exact) mass is 401 g/mol. The Kier molecular flexibility index (Phi) is 7.09. The van der Waals surface area contributed by atoms with Crippen LogP contribution in [0.25, 0.3) is 0 Å². The van der Waals surface area contributed by atoms with Crippen molar-refractivity contribution in [3.05, 3.63) is 48.0 Å². The van der Waals surface area contributed by atoms with E-state index in [0.717, 1.165) is 49.9 Å². The predicted octanol–water partition coefficient (Wildman–Crippen LogP) is 3.25. The standard InChI is InChI=1S/C23H31NO5/c1-24(2)16-9-17-27-22(18-19-10-5-3-6-11-19)14-7-4-8-15-23(22)28-20(25)12-13-21(26)29-23/h3,5-6,10-13H,4,7-9,14-18H2,1-2H3. The van der Waals surface area contributed by atoms with Crippen LogP contribution in [0.3, 0.4) is 0 Å². The van der Waals surface area contributed by atoms with Crippen molar-refractivity contribution in [1.29, 1.82) is 0 Å². The number of benzene rings is 1. The van der Waals surface area contributed by atoms with Crippen LogP contribution in [0, 0.1) is 0 Å². The van der Waals surface area contributed by atoms with Gasteiger partial charge in [-0.15, -0.1) is 0 Å². The first-order valence-electron chi connectivity index (χ1n) is 10.4. The van der Waals surface area contributed by atoms with Crippen molar-refractivity contribution in [1.82, 2.24) is 4.90 Å². The van der Waals surface area contributed by atoms with Crippen molar-refractivity contribution >= 4 is 11.9 Å². The molecule has 1 aliphatic carbocycles. The highest BCUT2D eigenvalue weighted by molar-refractivity contribution is 5.93. The van der Waals surface area contributed by atoms with Gasteiger partial charge in [0.25, 0.3) is 5.79 Å². The Morgan fingerprint density at radius 3 is 2.28 bits per heavy atom. The zero-order valence-corrected chi connectivity index (χ0v) is 17.4. The highest BCUT2D eigenvalue weighted by Gasteiger charge is 2.59. The number of nitrogens with zero attached hydrogens (tertiary/aromatic N) is 1. The lowest BCUT2D eigenvalue weighted by atomic mass is 9.81. The van der Waals surface area contributed by atoms with Gasteiger partial charge in [0.1, 0.15) is 5.60 Å². The Bertz CT molecular complexity index is 710. The molecule has 29 heavy (non-hydrogen) atoms. The summed E-state index contributed by atoms with van der Waals surface area (Å²) < 4.78 is 18.2. The quantitative estimate of drug-likeness (QED) is 0.516. The summed E-state index contributed by atoms with van der Waals surface area (Å²) in [5.74, 6) is -2.55. The van der Waals surface area contributed by atoms with Gasteiger partial charge >= 0.3 is 11.9 Å². The number of hydrogen-bond donors (Lipinski definition) is 0. The number of ether oxygens (including phenoxy) is 3. The SMILES string of the molecule is CN(C)CCCOC1(Cc2ccccc2)CCCCCC12OC(=O)C=CC(=O)O2. The number of carbonyl (C=O) groups is 2. The van der Waals surface area contributed by atoms with Gasteiger partial charge in [0, 0.05) is 31.6 Å². The minimum absolute atomic E-state index is 0.437. The molecular weight excluding hydrogens is 370 g/mol. The first-order chi connectivity index (χ1) is 13.9. The average Bonchev–Trinajstić information content (AvgIpc) is 2.94. The largest absolute Gasteiger partial charge is 0.416 e. The van der Waals surface area contributed by atoms with E-state index in [1.165, 1.54) is 0 Å². The molecule has 0 bridgehead atoms. The number of esters is 2. The van der Waals surface area contributed by atoms with Crippen molar-refractivity contribution in [3.8, 4) is 0 Å². The highest BCUT2D eigenvalue weighted by Crippen LogP contribution is 2.45. The third-order valence-corrected chi connectivity index (χ3v) is 5.63. The van der Waals surface area contributed by atoms with Crippen LogP contribution in [0.4, 0.5) is 0 Å². The van der Waals surface area contributed by atoms with Crippen LogP contribution in [0.15, 0.2) is 42.5 Å². The third kappa shape index (κ3) is 5.25. The molecule has 0 N–H and O–H groups in total. The maximum Gasteiger partial charge on any atom is 0.334 e. The van der Waals surface area contributed by atoms with Gasteiger partial charge < -0.3 is 19.1 Å². The first-order valence-corrected chi connectivity index (χ1v) is 10.4. The zero-order chi connectivity index (χ0) is 20.7. The fourth-order valence-electron chi connectivity index (χ4n) is 4.23. The molecule has 6 nitrogen and oxygen atoms in total. The van der Waals surface area contributed by atoms with E-state index in [9.17, 15) is 9.59 Å². The molecule has 1 fully saturated rings. The fraction of sp³-hybridized carbons (Fsp3) is 0.565. The van der Waals surface area contributed by atoms with Crippen molar-refractivity contribution in [2.45, 2.75) is 56.3 Å². The molecule has 1 aromatic carbocycles. The number of hydrogen-bond acceptors (Lipinski definition) is 6. The molecule has 0 aromatic heterocycles. The number of rotatable bonds is 7. The normalized spacial score (nSPS) is 24.1. The van der Waals surface area contributed by atoms with Crippen molar-refractivity contribution in [2.75, 3.05) is 27.2 Å². The molecule has 2 aliphatic rings. The second-order valence-corrected chi connectivity index (χ2v) is 8.15. The Hall–Kier alpha value is -2.18. The molecule has 1 heterocycles. The molecule has 0 radical (unpaired) electrons. The Labute approximate surface area is 172 Å². The second-order valence-electron chi connectivity index (χ2n) is 8.15. The molecule has 1 saturated carbocycles. The summed E-state index contributed by atoms with van der Waals surface area (Å²) in [5.41, 5.74) is 0.139. The first kappa shape index (κ1) is 21.5. The molecule has 1 aromatic rings. The molecule has 0 saturated heterocycles. The molecule has 0 amide bonds. The molecule has 6 heteroatoms. The van der Waals surface area contributed by atoms with E-state index in [-0.39, 0.29) is 0 Å². The highest BCUT2D eigenvalue weighted by atomic mass is 16.8. The lowest BCUT2D eigenvalue weighted by Gasteiger charge is -2.46. The van der Waals surface area contributed by atoms with Gasteiger partial charge in [0.2, 0.25) is 0 Å². The Morgan fingerprint density at radius 2 is 1.62 bits per heavy atom. The van der Waals surface area contributed by atoms with Crippen LogP contribution in [-0.2, 0) is 30.2 Å². The minimum Gasteiger partial charge on any atom is -0.416 e. The summed E-state index contributed by atoms with van der Waals surface area (Å²) in [6.45, 7) is 1.38. The molecule has 3 rings (SSSR count). The van der Waals surface area contributed by atoms with Crippen LogP contribution >= 0.6 is 0 Å². The van der Waals surface area contributed by atoms with E-state index < -0.39 is 23.3 Å². The van der Waals surface area contributed by atoms with Gasteiger partial charge in [-0.05, 0) is 45.5 Å². The maximum absolute atomic E-state index is 12.4. The summed E-state index contributed by atoms with van der Waals surface area (Å²) >= 11 is 0. The van der Waals surface area contributed by atoms with Gasteiger partial charge in [-0.1, -0.05) is 43.2 Å². The summed E-state index contributed by atoms with van der Waals surface area (Å²) in [6.07, 6.45) is 7.42. The Morgan fingerprint density at radius 1 is 0.966 bits per heavy atom. The smallest absolute Gasteiger partial charge is 0.334 e.